The fourth-order valence-corrected chi connectivity index (χ4v) is 2.31. The van der Waals surface area contributed by atoms with Gasteiger partial charge in [-0.05, 0) is 12.0 Å². The van der Waals surface area contributed by atoms with Gasteiger partial charge in [-0.15, -0.1) is 0 Å². The maximum absolute atomic E-state index is 10.9. The van der Waals surface area contributed by atoms with Crippen LogP contribution in [-0.2, 0) is 10.0 Å². The van der Waals surface area contributed by atoms with E-state index in [1.165, 1.54) is 12.1 Å². The summed E-state index contributed by atoms with van der Waals surface area (Å²) in [6.45, 7) is 2.21. The molecular formula is C12H19N3O4S. The van der Waals surface area contributed by atoms with Gasteiger partial charge in [0.15, 0.2) is 0 Å². The van der Waals surface area contributed by atoms with Crippen molar-refractivity contribution in [3.63, 3.8) is 0 Å². The fourth-order valence-electron chi connectivity index (χ4n) is 1.91. The fraction of sp³-hybridized carbons (Fsp3) is 0.500. The molecule has 0 amide bonds. The third-order valence-electron chi connectivity index (χ3n) is 2.84. The normalized spacial score (nSPS) is 13.1. The molecule has 8 heteroatoms. The summed E-state index contributed by atoms with van der Waals surface area (Å²) in [6.07, 6.45) is 1.63. The SMILES string of the molecule is CCCC(NCCS(N)(=O)=O)c1cccc([N+](=O)[O-])c1. The lowest BCUT2D eigenvalue weighted by atomic mass is 10.0. The number of benzene rings is 1. The zero-order chi connectivity index (χ0) is 15.2. The van der Waals surface area contributed by atoms with Crippen LogP contribution in [0.25, 0.3) is 0 Å². The third kappa shape index (κ3) is 5.64. The average Bonchev–Trinajstić information content (AvgIpc) is 2.36. The number of nitrogens with one attached hydrogen (secondary N) is 1. The summed E-state index contributed by atoms with van der Waals surface area (Å²) < 4.78 is 21.8. The molecule has 0 aliphatic heterocycles. The standard InChI is InChI=1S/C12H19N3O4S/c1-2-4-12(14-7-8-20(13,18)19)10-5-3-6-11(9-10)15(16)17/h3,5-6,9,12,14H,2,4,7-8H2,1H3,(H2,13,18,19). The Morgan fingerprint density at radius 3 is 2.70 bits per heavy atom. The van der Waals surface area contributed by atoms with E-state index in [1.807, 2.05) is 6.92 Å². The Morgan fingerprint density at radius 1 is 1.45 bits per heavy atom. The van der Waals surface area contributed by atoms with Gasteiger partial charge in [-0.2, -0.15) is 0 Å². The second kappa shape index (κ2) is 7.32. The number of rotatable bonds is 8. The summed E-state index contributed by atoms with van der Waals surface area (Å²) in [6, 6.07) is 6.22. The Labute approximate surface area is 118 Å². The first-order valence-corrected chi connectivity index (χ1v) is 8.03. The molecule has 0 saturated heterocycles. The lowest BCUT2D eigenvalue weighted by Gasteiger charge is -2.18. The van der Waals surface area contributed by atoms with Crippen molar-refractivity contribution in [2.24, 2.45) is 5.14 Å². The highest BCUT2D eigenvalue weighted by molar-refractivity contribution is 7.89. The minimum Gasteiger partial charge on any atom is -0.309 e. The highest BCUT2D eigenvalue weighted by atomic mass is 32.2. The molecule has 1 unspecified atom stereocenters. The third-order valence-corrected chi connectivity index (χ3v) is 3.61. The van der Waals surface area contributed by atoms with E-state index in [0.29, 0.717) is 0 Å². The topological polar surface area (TPSA) is 115 Å². The number of non-ortho nitro benzene ring substituents is 1. The van der Waals surface area contributed by atoms with Crippen LogP contribution in [0.5, 0.6) is 0 Å². The molecule has 0 radical (unpaired) electrons. The molecule has 0 aliphatic rings. The molecule has 0 saturated carbocycles. The van der Waals surface area contributed by atoms with E-state index in [9.17, 15) is 18.5 Å². The molecule has 1 aromatic rings. The van der Waals surface area contributed by atoms with Crippen molar-refractivity contribution in [1.29, 1.82) is 0 Å². The minimum absolute atomic E-state index is 0.0249. The second-order valence-corrected chi connectivity index (χ2v) is 6.25. The predicted molar refractivity (Wildman–Crippen MR) is 76.7 cm³/mol. The van der Waals surface area contributed by atoms with E-state index in [1.54, 1.807) is 12.1 Å². The quantitative estimate of drug-likeness (QED) is 0.555. The van der Waals surface area contributed by atoms with Crippen molar-refractivity contribution < 1.29 is 13.3 Å². The summed E-state index contributed by atoms with van der Waals surface area (Å²) >= 11 is 0. The van der Waals surface area contributed by atoms with Crippen LogP contribution in [0.1, 0.15) is 31.4 Å². The number of nitrogens with two attached hydrogens (primary N) is 1. The van der Waals surface area contributed by atoms with E-state index >= 15 is 0 Å². The van der Waals surface area contributed by atoms with Gasteiger partial charge in [-0.25, -0.2) is 13.6 Å². The molecule has 1 atom stereocenters. The van der Waals surface area contributed by atoms with Gasteiger partial charge >= 0.3 is 0 Å². The van der Waals surface area contributed by atoms with Crippen molar-refractivity contribution in [2.45, 2.75) is 25.8 Å². The predicted octanol–water partition coefficient (Wildman–Crippen LogP) is 1.31. The Kier molecular flexibility index (Phi) is 6.05. The van der Waals surface area contributed by atoms with Crippen molar-refractivity contribution in [3.8, 4) is 0 Å². The molecule has 0 bridgehead atoms. The number of hydrogen-bond donors (Lipinski definition) is 2. The van der Waals surface area contributed by atoms with Gasteiger partial charge in [0, 0.05) is 24.7 Å². The first-order valence-electron chi connectivity index (χ1n) is 6.31. The number of hydrogen-bond acceptors (Lipinski definition) is 5. The highest BCUT2D eigenvalue weighted by Gasteiger charge is 2.14. The molecule has 1 rings (SSSR count). The summed E-state index contributed by atoms with van der Waals surface area (Å²) in [5.74, 6) is -0.165. The molecule has 0 spiro atoms. The highest BCUT2D eigenvalue weighted by Crippen LogP contribution is 2.22. The minimum atomic E-state index is -3.51. The van der Waals surface area contributed by atoms with Gasteiger partial charge < -0.3 is 5.32 Å². The van der Waals surface area contributed by atoms with E-state index in [-0.39, 0.29) is 24.0 Å². The maximum atomic E-state index is 10.9. The molecule has 7 nitrogen and oxygen atoms in total. The molecular weight excluding hydrogens is 282 g/mol. The molecule has 0 fully saturated rings. The summed E-state index contributed by atoms with van der Waals surface area (Å²) in [5, 5.41) is 18.8. The first kappa shape index (κ1) is 16.5. The molecule has 0 aliphatic carbocycles. The second-order valence-electron chi connectivity index (χ2n) is 4.51. The molecule has 20 heavy (non-hydrogen) atoms. The molecule has 1 aromatic carbocycles. The van der Waals surface area contributed by atoms with Crippen molar-refractivity contribution >= 4 is 15.7 Å². The van der Waals surface area contributed by atoms with Crippen molar-refractivity contribution in [2.75, 3.05) is 12.3 Å². The number of nitro groups is 1. The zero-order valence-corrected chi connectivity index (χ0v) is 12.1. The van der Waals surface area contributed by atoms with E-state index < -0.39 is 14.9 Å². The van der Waals surface area contributed by atoms with Gasteiger partial charge in [0.1, 0.15) is 0 Å². The average molecular weight is 301 g/mol. The molecule has 0 heterocycles. The number of sulfonamides is 1. The van der Waals surface area contributed by atoms with Crippen molar-refractivity contribution in [3.05, 3.63) is 39.9 Å². The van der Waals surface area contributed by atoms with Crippen molar-refractivity contribution in [1.82, 2.24) is 5.32 Å². The zero-order valence-electron chi connectivity index (χ0n) is 11.3. The van der Waals surface area contributed by atoms with E-state index in [0.717, 1.165) is 18.4 Å². The largest absolute Gasteiger partial charge is 0.309 e. The van der Waals surface area contributed by atoms with Gasteiger partial charge in [0.2, 0.25) is 10.0 Å². The van der Waals surface area contributed by atoms with Crippen LogP contribution in [0.2, 0.25) is 0 Å². The molecule has 0 aromatic heterocycles. The maximum Gasteiger partial charge on any atom is 0.269 e. The van der Waals surface area contributed by atoms with E-state index in [4.69, 9.17) is 5.14 Å². The monoisotopic (exact) mass is 301 g/mol. The lowest BCUT2D eigenvalue weighted by molar-refractivity contribution is -0.384. The summed E-state index contributed by atoms with van der Waals surface area (Å²) in [5.41, 5.74) is 0.798. The Bertz CT molecular complexity index is 560. The summed E-state index contributed by atoms with van der Waals surface area (Å²) in [4.78, 5) is 10.3. The van der Waals surface area contributed by atoms with Crippen LogP contribution in [-0.4, -0.2) is 25.6 Å². The van der Waals surface area contributed by atoms with Crippen LogP contribution in [0.4, 0.5) is 5.69 Å². The number of nitrogens with zero attached hydrogens (tertiary/aromatic N) is 1. The first-order chi connectivity index (χ1) is 9.33. The Balaban J connectivity index is 2.79. The van der Waals surface area contributed by atoms with Gasteiger partial charge in [0.05, 0.1) is 10.7 Å². The van der Waals surface area contributed by atoms with Crippen LogP contribution < -0.4 is 10.5 Å². The van der Waals surface area contributed by atoms with Crippen LogP contribution >= 0.6 is 0 Å². The van der Waals surface area contributed by atoms with Gasteiger partial charge in [0.25, 0.3) is 5.69 Å². The van der Waals surface area contributed by atoms with Crippen LogP contribution in [0.3, 0.4) is 0 Å². The smallest absolute Gasteiger partial charge is 0.269 e. The Morgan fingerprint density at radius 2 is 2.15 bits per heavy atom. The van der Waals surface area contributed by atoms with Gasteiger partial charge in [-0.3, -0.25) is 10.1 Å². The Hall–Kier alpha value is -1.51. The lowest BCUT2D eigenvalue weighted by Crippen LogP contribution is -2.30. The van der Waals surface area contributed by atoms with Gasteiger partial charge in [-0.1, -0.05) is 25.5 Å². The van der Waals surface area contributed by atoms with E-state index in [2.05, 4.69) is 5.32 Å². The molecule has 112 valence electrons. The van der Waals surface area contributed by atoms with Crippen LogP contribution in [0.15, 0.2) is 24.3 Å². The number of nitro benzene ring substituents is 1. The molecule has 3 N–H and O–H groups in total. The van der Waals surface area contributed by atoms with Crippen LogP contribution in [0, 0.1) is 10.1 Å². The number of primary sulfonamides is 1. The summed E-state index contributed by atoms with van der Waals surface area (Å²) in [7, 11) is -3.51.